The molecule has 1 N–H and O–H groups in total. The van der Waals surface area contributed by atoms with Crippen LogP contribution in [0.4, 0.5) is 0 Å². The lowest BCUT2D eigenvalue weighted by molar-refractivity contribution is 0.107. The van der Waals surface area contributed by atoms with Gasteiger partial charge in [0.25, 0.3) is 0 Å². The maximum Gasteiger partial charge on any atom is 0.119 e. The highest BCUT2D eigenvalue weighted by Crippen LogP contribution is 2.21. The molecule has 1 atom stereocenters. The van der Waals surface area contributed by atoms with E-state index in [0.29, 0.717) is 12.5 Å². The third-order valence-corrected chi connectivity index (χ3v) is 3.73. The molecule has 0 bridgehead atoms. The van der Waals surface area contributed by atoms with Gasteiger partial charge in [-0.3, -0.25) is 4.90 Å². The summed E-state index contributed by atoms with van der Waals surface area (Å²) in [6, 6.07) is 5.96. The predicted octanol–water partition coefficient (Wildman–Crippen LogP) is 1.65. The number of likely N-dealkylation sites (tertiary alicyclic amines) is 1. The van der Waals surface area contributed by atoms with Gasteiger partial charge in [0.1, 0.15) is 5.75 Å². The Morgan fingerprint density at radius 3 is 2.90 bits per heavy atom. The molecule has 0 aliphatic carbocycles. The van der Waals surface area contributed by atoms with Gasteiger partial charge in [-0.15, -0.1) is 0 Å². The molecule has 21 heavy (non-hydrogen) atoms. The van der Waals surface area contributed by atoms with E-state index in [0.717, 1.165) is 42.9 Å². The number of rotatable bonds is 5. The van der Waals surface area contributed by atoms with Gasteiger partial charge in [-0.2, -0.15) is 0 Å². The van der Waals surface area contributed by atoms with E-state index < -0.39 is 0 Å². The highest BCUT2D eigenvalue weighted by atomic mass is 16.5. The van der Waals surface area contributed by atoms with E-state index in [4.69, 9.17) is 14.6 Å². The molecule has 1 unspecified atom stereocenters. The third kappa shape index (κ3) is 4.47. The van der Waals surface area contributed by atoms with Gasteiger partial charge in [-0.05, 0) is 30.2 Å². The van der Waals surface area contributed by atoms with E-state index in [1.54, 1.807) is 14.2 Å². The van der Waals surface area contributed by atoms with Gasteiger partial charge in [-0.25, -0.2) is 0 Å². The number of methoxy groups -OCH3 is 2. The van der Waals surface area contributed by atoms with E-state index in [-0.39, 0.29) is 6.61 Å². The topological polar surface area (TPSA) is 41.9 Å². The quantitative estimate of drug-likeness (QED) is 0.837. The van der Waals surface area contributed by atoms with E-state index in [1.807, 2.05) is 18.2 Å². The summed E-state index contributed by atoms with van der Waals surface area (Å²) in [4.78, 5) is 2.38. The maximum absolute atomic E-state index is 8.84. The average molecular weight is 289 g/mol. The molecule has 0 saturated carbocycles. The van der Waals surface area contributed by atoms with Gasteiger partial charge in [0.05, 0.1) is 19.8 Å². The van der Waals surface area contributed by atoms with Gasteiger partial charge in [-0.1, -0.05) is 11.8 Å². The molecule has 0 radical (unpaired) electrons. The summed E-state index contributed by atoms with van der Waals surface area (Å²) in [6.45, 7) is 2.94. The van der Waals surface area contributed by atoms with Crippen LogP contribution in [-0.4, -0.2) is 50.0 Å². The molecule has 1 aromatic carbocycles. The maximum atomic E-state index is 8.84. The summed E-state index contributed by atoms with van der Waals surface area (Å²) in [5.41, 5.74) is 2.17. The van der Waals surface area contributed by atoms with Crippen LogP contribution < -0.4 is 4.74 Å². The van der Waals surface area contributed by atoms with Crippen LogP contribution in [0.25, 0.3) is 0 Å². The van der Waals surface area contributed by atoms with Crippen molar-refractivity contribution < 1.29 is 14.6 Å². The second-order valence-electron chi connectivity index (χ2n) is 5.18. The molecule has 1 saturated heterocycles. The lowest BCUT2D eigenvalue weighted by atomic mass is 10.1. The van der Waals surface area contributed by atoms with Crippen LogP contribution in [0.3, 0.4) is 0 Å². The van der Waals surface area contributed by atoms with Crippen LogP contribution in [0, 0.1) is 11.8 Å². The van der Waals surface area contributed by atoms with Crippen molar-refractivity contribution in [3.63, 3.8) is 0 Å². The number of hydrogen-bond donors (Lipinski definition) is 1. The standard InChI is InChI=1S/C17H23NO3/c1-20-16-7-6-14(5-3-4-10-19)15(11-16)12-18-9-8-17(13-18)21-2/h6-7,11,17,19H,4,8-10,12-13H2,1-2H3. The first kappa shape index (κ1) is 15.8. The molecule has 4 nitrogen and oxygen atoms in total. The smallest absolute Gasteiger partial charge is 0.119 e. The minimum absolute atomic E-state index is 0.0974. The van der Waals surface area contributed by atoms with Crippen molar-refractivity contribution >= 4 is 0 Å². The molecule has 2 rings (SSSR count). The predicted molar refractivity (Wildman–Crippen MR) is 82.3 cm³/mol. The fourth-order valence-electron chi connectivity index (χ4n) is 2.54. The number of aliphatic hydroxyl groups is 1. The van der Waals surface area contributed by atoms with Gasteiger partial charge >= 0.3 is 0 Å². The van der Waals surface area contributed by atoms with Crippen molar-refractivity contribution in [1.82, 2.24) is 4.90 Å². The number of aliphatic hydroxyl groups excluding tert-OH is 1. The minimum atomic E-state index is 0.0974. The van der Waals surface area contributed by atoms with Crippen LogP contribution in [0.5, 0.6) is 5.75 Å². The summed E-state index contributed by atoms with van der Waals surface area (Å²) in [7, 11) is 3.44. The molecule has 1 heterocycles. The van der Waals surface area contributed by atoms with E-state index in [9.17, 15) is 0 Å². The number of benzene rings is 1. The zero-order chi connectivity index (χ0) is 15.1. The SMILES string of the molecule is COc1ccc(C#CCCO)c(CN2CCC(OC)C2)c1. The van der Waals surface area contributed by atoms with Crippen LogP contribution in [0.15, 0.2) is 18.2 Å². The van der Waals surface area contributed by atoms with Crippen molar-refractivity contribution in [2.24, 2.45) is 0 Å². The second-order valence-corrected chi connectivity index (χ2v) is 5.18. The summed E-state index contributed by atoms with van der Waals surface area (Å²) in [5, 5.41) is 8.84. The molecule has 114 valence electrons. The van der Waals surface area contributed by atoms with Crippen molar-refractivity contribution in [2.45, 2.75) is 25.5 Å². The van der Waals surface area contributed by atoms with Crippen molar-refractivity contribution in [3.05, 3.63) is 29.3 Å². The molecule has 1 aliphatic heterocycles. The van der Waals surface area contributed by atoms with Crippen LogP contribution in [0.1, 0.15) is 24.0 Å². The molecular weight excluding hydrogens is 266 g/mol. The molecule has 0 amide bonds. The van der Waals surface area contributed by atoms with Gasteiger partial charge in [0.2, 0.25) is 0 Å². The normalized spacial score (nSPS) is 18.3. The first-order valence-electron chi connectivity index (χ1n) is 7.28. The monoisotopic (exact) mass is 289 g/mol. The summed E-state index contributed by atoms with van der Waals surface area (Å²) < 4.78 is 10.7. The van der Waals surface area contributed by atoms with Crippen molar-refractivity contribution in [1.29, 1.82) is 0 Å². The Morgan fingerprint density at radius 1 is 1.38 bits per heavy atom. The zero-order valence-corrected chi connectivity index (χ0v) is 12.8. The molecule has 1 fully saturated rings. The molecule has 0 spiro atoms. The van der Waals surface area contributed by atoms with Crippen LogP contribution in [-0.2, 0) is 11.3 Å². The Bertz CT molecular complexity index is 519. The molecular formula is C17H23NO3. The lowest BCUT2D eigenvalue weighted by Gasteiger charge is -2.17. The first-order chi connectivity index (χ1) is 10.3. The van der Waals surface area contributed by atoms with Crippen molar-refractivity contribution in [2.75, 3.05) is 33.9 Å². The van der Waals surface area contributed by atoms with Gasteiger partial charge in [0, 0.05) is 38.7 Å². The number of nitrogens with zero attached hydrogens (tertiary/aromatic N) is 1. The highest BCUT2D eigenvalue weighted by molar-refractivity contribution is 5.45. The minimum Gasteiger partial charge on any atom is -0.497 e. The Balaban J connectivity index is 2.13. The molecule has 1 aliphatic rings. The average Bonchev–Trinajstić information content (AvgIpc) is 2.96. The van der Waals surface area contributed by atoms with Crippen molar-refractivity contribution in [3.8, 4) is 17.6 Å². The fourth-order valence-corrected chi connectivity index (χ4v) is 2.54. The van der Waals surface area contributed by atoms with Crippen LogP contribution >= 0.6 is 0 Å². The summed E-state index contributed by atoms with van der Waals surface area (Å²) in [5.74, 6) is 6.98. The second kappa shape index (κ2) is 8.04. The Morgan fingerprint density at radius 2 is 2.24 bits per heavy atom. The van der Waals surface area contributed by atoms with Gasteiger partial charge < -0.3 is 14.6 Å². The zero-order valence-electron chi connectivity index (χ0n) is 12.8. The van der Waals surface area contributed by atoms with Gasteiger partial charge in [0.15, 0.2) is 0 Å². The molecule has 1 aromatic rings. The molecule has 0 aromatic heterocycles. The highest BCUT2D eigenvalue weighted by Gasteiger charge is 2.22. The first-order valence-corrected chi connectivity index (χ1v) is 7.28. The molecule has 4 heteroatoms. The number of hydrogen-bond acceptors (Lipinski definition) is 4. The number of ether oxygens (including phenoxy) is 2. The van der Waals surface area contributed by atoms with Crippen LogP contribution in [0.2, 0.25) is 0 Å². The fraction of sp³-hybridized carbons (Fsp3) is 0.529. The lowest BCUT2D eigenvalue weighted by Crippen LogP contribution is -2.22. The van der Waals surface area contributed by atoms with E-state index in [1.165, 1.54) is 0 Å². The van der Waals surface area contributed by atoms with E-state index >= 15 is 0 Å². The summed E-state index contributed by atoms with van der Waals surface area (Å²) in [6.07, 6.45) is 1.91. The third-order valence-electron chi connectivity index (χ3n) is 3.73. The Hall–Kier alpha value is -1.54. The Labute approximate surface area is 126 Å². The largest absolute Gasteiger partial charge is 0.497 e. The van der Waals surface area contributed by atoms with E-state index in [2.05, 4.69) is 16.7 Å². The summed E-state index contributed by atoms with van der Waals surface area (Å²) >= 11 is 0. The Kier molecular flexibility index (Phi) is 6.06.